The van der Waals surface area contributed by atoms with Crippen molar-refractivity contribution in [3.63, 3.8) is 0 Å². The first-order valence-electron chi connectivity index (χ1n) is 6.83. The number of H-pyrrole nitrogens is 1. The molecule has 0 spiro atoms. The van der Waals surface area contributed by atoms with Crippen molar-refractivity contribution in [2.24, 2.45) is 0 Å². The number of nitrogens with zero attached hydrogens (tertiary/aromatic N) is 2. The molecule has 0 aliphatic heterocycles. The number of rotatable bonds is 5. The van der Waals surface area contributed by atoms with Gasteiger partial charge in [0.1, 0.15) is 0 Å². The Balaban J connectivity index is 2.27. The molecule has 114 valence electrons. The first-order chi connectivity index (χ1) is 9.97. The molecule has 4 nitrogen and oxygen atoms in total. The summed E-state index contributed by atoms with van der Waals surface area (Å²) in [6.07, 6.45) is 0.406. The van der Waals surface area contributed by atoms with Crippen LogP contribution < -0.4 is 0 Å². The lowest BCUT2D eigenvalue weighted by atomic mass is 10.3. The second-order valence-corrected chi connectivity index (χ2v) is 5.88. The maximum atomic E-state index is 12.1. The molecule has 1 N–H and O–H groups in total. The first-order valence-corrected chi connectivity index (χ1v) is 7.99. The summed E-state index contributed by atoms with van der Waals surface area (Å²) in [5, 5.41) is 0.953. The number of aryl methyl sites for hydroxylation is 1. The van der Waals surface area contributed by atoms with E-state index in [2.05, 4.69) is 4.98 Å². The fraction of sp³-hybridized carbons (Fsp3) is 0.429. The van der Waals surface area contributed by atoms with Gasteiger partial charge < -0.3 is 14.5 Å². The molecule has 0 bridgehead atoms. The molecule has 1 aromatic heterocycles. The minimum Gasteiger partial charge on any atom is -0.343 e. The number of aromatic amines is 1. The maximum absolute atomic E-state index is 12.1. The smallest absolute Gasteiger partial charge is 0.224 e. The number of carbonyl (C=O) groups excluding carboxylic acids is 1. The van der Waals surface area contributed by atoms with Crippen LogP contribution in [0.5, 0.6) is 0 Å². The predicted octanol–water partition coefficient (Wildman–Crippen LogP) is 4.26. The molecule has 0 aliphatic carbocycles. The molecular formula is C14H17Cl2N3OS. The molecule has 21 heavy (non-hydrogen) atoms. The normalized spacial score (nSPS) is 11.0. The van der Waals surface area contributed by atoms with Crippen LogP contribution >= 0.6 is 35.4 Å². The molecule has 0 unspecified atom stereocenters. The average Bonchev–Trinajstić information content (AvgIpc) is 2.73. The average molecular weight is 346 g/mol. The van der Waals surface area contributed by atoms with E-state index in [-0.39, 0.29) is 5.91 Å². The molecule has 1 heterocycles. The van der Waals surface area contributed by atoms with E-state index < -0.39 is 0 Å². The van der Waals surface area contributed by atoms with Crippen molar-refractivity contribution in [3.05, 3.63) is 26.9 Å². The highest BCUT2D eigenvalue weighted by atomic mass is 35.5. The standard InChI is InChI=1S/C14H17Cl2N3OS/c1-3-18(4-2)13(20)5-6-19-12-8-10(16)9(15)7-11(12)17-14(19)21/h7-8H,3-6H2,1-2H3,(H,17,21). The number of fused-ring (bicyclic) bond motifs is 1. The van der Waals surface area contributed by atoms with E-state index >= 15 is 0 Å². The summed E-state index contributed by atoms with van der Waals surface area (Å²) < 4.78 is 2.45. The lowest BCUT2D eigenvalue weighted by Crippen LogP contribution is -2.31. The zero-order chi connectivity index (χ0) is 15.6. The van der Waals surface area contributed by atoms with E-state index in [9.17, 15) is 4.79 Å². The van der Waals surface area contributed by atoms with Crippen LogP contribution in [-0.2, 0) is 11.3 Å². The van der Waals surface area contributed by atoms with Crippen molar-refractivity contribution in [1.29, 1.82) is 0 Å². The fourth-order valence-electron chi connectivity index (χ4n) is 2.32. The summed E-state index contributed by atoms with van der Waals surface area (Å²) in [6, 6.07) is 3.52. The van der Waals surface area contributed by atoms with Gasteiger partial charge in [-0.05, 0) is 38.2 Å². The number of hydrogen-bond donors (Lipinski definition) is 1. The molecular weight excluding hydrogens is 329 g/mol. The third-order valence-electron chi connectivity index (χ3n) is 3.48. The van der Waals surface area contributed by atoms with Gasteiger partial charge in [0.25, 0.3) is 0 Å². The van der Waals surface area contributed by atoms with Gasteiger partial charge in [-0.1, -0.05) is 23.2 Å². The molecule has 0 aliphatic rings. The quantitative estimate of drug-likeness (QED) is 0.822. The number of carbonyl (C=O) groups is 1. The van der Waals surface area contributed by atoms with E-state index in [1.54, 1.807) is 12.1 Å². The van der Waals surface area contributed by atoms with Crippen molar-refractivity contribution in [2.75, 3.05) is 13.1 Å². The number of nitrogens with one attached hydrogen (secondary N) is 1. The number of aromatic nitrogens is 2. The van der Waals surface area contributed by atoms with Crippen molar-refractivity contribution >= 4 is 52.4 Å². The van der Waals surface area contributed by atoms with E-state index in [1.165, 1.54) is 0 Å². The lowest BCUT2D eigenvalue weighted by Gasteiger charge is -2.18. The van der Waals surface area contributed by atoms with Crippen LogP contribution in [0.4, 0.5) is 0 Å². The Hall–Kier alpha value is -1.04. The first kappa shape index (κ1) is 16.3. The van der Waals surface area contributed by atoms with Crippen molar-refractivity contribution in [1.82, 2.24) is 14.5 Å². The molecule has 0 radical (unpaired) electrons. The molecule has 0 saturated carbocycles. The van der Waals surface area contributed by atoms with Crippen LogP contribution in [0.1, 0.15) is 20.3 Å². The van der Waals surface area contributed by atoms with Crippen LogP contribution in [0.3, 0.4) is 0 Å². The van der Waals surface area contributed by atoms with E-state index in [1.807, 2.05) is 23.3 Å². The van der Waals surface area contributed by atoms with E-state index in [4.69, 9.17) is 35.4 Å². The van der Waals surface area contributed by atoms with Gasteiger partial charge in [0.2, 0.25) is 5.91 Å². The zero-order valence-corrected chi connectivity index (χ0v) is 14.3. The van der Waals surface area contributed by atoms with Crippen LogP contribution in [0.2, 0.25) is 10.0 Å². The number of halogens is 2. The Bertz CT molecular complexity index is 719. The topological polar surface area (TPSA) is 41.0 Å². The maximum Gasteiger partial charge on any atom is 0.224 e. The Labute approximate surface area is 138 Å². The Kier molecular flexibility index (Phi) is 5.30. The minimum absolute atomic E-state index is 0.122. The summed E-state index contributed by atoms with van der Waals surface area (Å²) >= 11 is 17.4. The van der Waals surface area contributed by atoms with Gasteiger partial charge in [0, 0.05) is 26.1 Å². The summed E-state index contributed by atoms with van der Waals surface area (Å²) in [5.74, 6) is 0.122. The minimum atomic E-state index is 0.122. The number of imidazole rings is 1. The van der Waals surface area contributed by atoms with E-state index in [0.29, 0.717) is 27.8 Å². The fourth-order valence-corrected chi connectivity index (χ4v) is 2.94. The monoisotopic (exact) mass is 345 g/mol. The molecule has 0 fully saturated rings. The second kappa shape index (κ2) is 6.81. The molecule has 2 rings (SSSR count). The highest BCUT2D eigenvalue weighted by molar-refractivity contribution is 7.71. The van der Waals surface area contributed by atoms with Crippen LogP contribution in [0.25, 0.3) is 11.0 Å². The van der Waals surface area contributed by atoms with Crippen LogP contribution in [-0.4, -0.2) is 33.4 Å². The van der Waals surface area contributed by atoms with Crippen molar-refractivity contribution in [2.45, 2.75) is 26.8 Å². The molecule has 1 aromatic carbocycles. The van der Waals surface area contributed by atoms with Gasteiger partial charge in [-0.25, -0.2) is 0 Å². The lowest BCUT2D eigenvalue weighted by molar-refractivity contribution is -0.131. The summed E-state index contributed by atoms with van der Waals surface area (Å²) in [6.45, 7) is 5.90. The molecule has 0 saturated heterocycles. The van der Waals surface area contributed by atoms with E-state index in [0.717, 1.165) is 24.1 Å². The SMILES string of the molecule is CCN(CC)C(=O)CCn1c(=S)[nH]c2cc(Cl)c(Cl)cc21. The summed E-state index contributed by atoms with van der Waals surface area (Å²) in [7, 11) is 0. The summed E-state index contributed by atoms with van der Waals surface area (Å²) in [4.78, 5) is 17.0. The largest absolute Gasteiger partial charge is 0.343 e. The molecule has 0 atom stereocenters. The molecule has 2 aromatic rings. The third-order valence-corrected chi connectivity index (χ3v) is 4.53. The van der Waals surface area contributed by atoms with Gasteiger partial charge >= 0.3 is 0 Å². The van der Waals surface area contributed by atoms with Gasteiger partial charge in [-0.15, -0.1) is 0 Å². The van der Waals surface area contributed by atoms with Crippen molar-refractivity contribution in [3.8, 4) is 0 Å². The highest BCUT2D eigenvalue weighted by Gasteiger charge is 2.12. The third kappa shape index (κ3) is 3.42. The highest BCUT2D eigenvalue weighted by Crippen LogP contribution is 2.27. The molecule has 1 amide bonds. The predicted molar refractivity (Wildman–Crippen MR) is 89.7 cm³/mol. The van der Waals surface area contributed by atoms with Crippen molar-refractivity contribution < 1.29 is 4.79 Å². The second-order valence-electron chi connectivity index (χ2n) is 4.68. The molecule has 7 heteroatoms. The van der Waals surface area contributed by atoms with Gasteiger partial charge in [0.05, 0.1) is 21.1 Å². The Morgan fingerprint density at radius 1 is 1.29 bits per heavy atom. The Morgan fingerprint density at radius 3 is 2.52 bits per heavy atom. The Morgan fingerprint density at radius 2 is 1.90 bits per heavy atom. The van der Waals surface area contributed by atoms with Crippen LogP contribution in [0, 0.1) is 4.77 Å². The summed E-state index contributed by atoms with van der Waals surface area (Å²) in [5.41, 5.74) is 1.69. The number of hydrogen-bond acceptors (Lipinski definition) is 2. The van der Waals surface area contributed by atoms with Gasteiger partial charge in [-0.2, -0.15) is 0 Å². The van der Waals surface area contributed by atoms with Gasteiger partial charge in [0.15, 0.2) is 4.77 Å². The number of benzene rings is 1. The van der Waals surface area contributed by atoms with Gasteiger partial charge in [-0.3, -0.25) is 4.79 Å². The van der Waals surface area contributed by atoms with Crippen LogP contribution in [0.15, 0.2) is 12.1 Å². The zero-order valence-electron chi connectivity index (χ0n) is 11.9. The number of amides is 1.